The molecule has 0 aliphatic carbocycles. The van der Waals surface area contributed by atoms with Crippen molar-refractivity contribution >= 4 is 32.8 Å². The van der Waals surface area contributed by atoms with Gasteiger partial charge in [0.15, 0.2) is 0 Å². The topological polar surface area (TPSA) is 102 Å². The largest absolute Gasteiger partial charge is 0.375 e. The first kappa shape index (κ1) is 18.0. The molecule has 1 aromatic carbocycles. The van der Waals surface area contributed by atoms with E-state index in [1.807, 2.05) is 0 Å². The van der Waals surface area contributed by atoms with E-state index in [9.17, 15) is 27.3 Å². The highest BCUT2D eigenvalue weighted by molar-refractivity contribution is 7.91. The molecule has 0 amide bonds. The SMILES string of the molecule is O=[N+]([O-])c1cc(S(=O)(=O)C(F)F)ccc1NCc1ccc(Cl)nc1. The maximum atomic E-state index is 12.5. The predicted octanol–water partition coefficient (Wildman–Crippen LogP) is 3.25. The average molecular weight is 378 g/mol. The lowest BCUT2D eigenvalue weighted by Gasteiger charge is -2.09. The van der Waals surface area contributed by atoms with Crippen LogP contribution in [0, 0.1) is 10.1 Å². The van der Waals surface area contributed by atoms with Gasteiger partial charge in [0.25, 0.3) is 5.69 Å². The van der Waals surface area contributed by atoms with Crippen LogP contribution in [0.5, 0.6) is 0 Å². The normalized spacial score (nSPS) is 11.5. The van der Waals surface area contributed by atoms with Gasteiger partial charge in [0, 0.05) is 18.8 Å². The zero-order chi connectivity index (χ0) is 17.9. The van der Waals surface area contributed by atoms with Gasteiger partial charge in [-0.05, 0) is 23.8 Å². The van der Waals surface area contributed by atoms with E-state index < -0.39 is 31.1 Å². The van der Waals surface area contributed by atoms with Gasteiger partial charge < -0.3 is 5.32 Å². The van der Waals surface area contributed by atoms with Crippen molar-refractivity contribution in [3.05, 3.63) is 57.4 Å². The first-order chi connectivity index (χ1) is 11.2. The lowest BCUT2D eigenvalue weighted by atomic mass is 10.2. The Morgan fingerprint density at radius 3 is 2.54 bits per heavy atom. The molecule has 0 aliphatic heterocycles. The number of halogens is 3. The molecule has 0 saturated heterocycles. The van der Waals surface area contributed by atoms with Gasteiger partial charge in [-0.25, -0.2) is 13.4 Å². The zero-order valence-electron chi connectivity index (χ0n) is 11.8. The van der Waals surface area contributed by atoms with Gasteiger partial charge in [-0.3, -0.25) is 10.1 Å². The van der Waals surface area contributed by atoms with Crippen LogP contribution in [0.3, 0.4) is 0 Å². The highest BCUT2D eigenvalue weighted by atomic mass is 35.5. The first-order valence-electron chi connectivity index (χ1n) is 6.36. The number of benzene rings is 1. The number of aromatic nitrogens is 1. The van der Waals surface area contributed by atoms with Gasteiger partial charge in [0.05, 0.1) is 9.82 Å². The third-order valence-corrected chi connectivity index (χ3v) is 4.60. The molecule has 0 bridgehead atoms. The minimum atomic E-state index is -4.91. The molecule has 7 nitrogen and oxygen atoms in total. The van der Waals surface area contributed by atoms with Crippen molar-refractivity contribution in [1.29, 1.82) is 0 Å². The van der Waals surface area contributed by atoms with Crippen molar-refractivity contribution in [3.63, 3.8) is 0 Å². The highest BCUT2D eigenvalue weighted by Gasteiger charge is 2.29. The summed E-state index contributed by atoms with van der Waals surface area (Å²) >= 11 is 5.64. The molecular formula is C13H10ClF2N3O4S. The standard InChI is InChI=1S/C13H10ClF2N3O4S/c14-12-4-1-8(7-18-12)6-17-10-3-2-9(5-11(10)19(20)21)24(22,23)13(15)16/h1-5,7,13,17H,6H2. The summed E-state index contributed by atoms with van der Waals surface area (Å²) in [5.74, 6) is -3.66. The summed E-state index contributed by atoms with van der Waals surface area (Å²) < 4.78 is 47.9. The highest BCUT2D eigenvalue weighted by Crippen LogP contribution is 2.30. The second-order valence-corrected chi connectivity index (χ2v) is 6.89. The van der Waals surface area contributed by atoms with E-state index in [0.717, 1.165) is 12.1 Å². The van der Waals surface area contributed by atoms with Crippen molar-refractivity contribution in [2.24, 2.45) is 0 Å². The number of alkyl halides is 2. The molecule has 2 aromatic rings. The van der Waals surface area contributed by atoms with E-state index >= 15 is 0 Å². The van der Waals surface area contributed by atoms with Crippen molar-refractivity contribution in [2.45, 2.75) is 17.2 Å². The number of nitro groups is 1. The summed E-state index contributed by atoms with van der Waals surface area (Å²) in [7, 11) is -4.91. The van der Waals surface area contributed by atoms with Crippen LogP contribution in [-0.2, 0) is 16.4 Å². The van der Waals surface area contributed by atoms with Crippen LogP contribution in [0.2, 0.25) is 5.15 Å². The Morgan fingerprint density at radius 2 is 2.00 bits per heavy atom. The zero-order valence-corrected chi connectivity index (χ0v) is 13.4. The third-order valence-electron chi connectivity index (χ3n) is 3.00. The van der Waals surface area contributed by atoms with Gasteiger partial charge >= 0.3 is 5.76 Å². The number of nitro benzene ring substituents is 1. The molecule has 0 atom stereocenters. The Balaban J connectivity index is 2.30. The summed E-state index contributed by atoms with van der Waals surface area (Å²) in [5.41, 5.74) is 0.0276. The van der Waals surface area contributed by atoms with Crippen LogP contribution in [-0.4, -0.2) is 24.1 Å². The number of hydrogen-bond donors (Lipinski definition) is 1. The average Bonchev–Trinajstić information content (AvgIpc) is 2.53. The monoisotopic (exact) mass is 377 g/mol. The molecule has 0 spiro atoms. The summed E-state index contributed by atoms with van der Waals surface area (Å²) in [6.07, 6.45) is 1.46. The number of nitrogens with one attached hydrogen (secondary N) is 1. The quantitative estimate of drug-likeness (QED) is 0.471. The fourth-order valence-corrected chi connectivity index (χ4v) is 2.65. The van der Waals surface area contributed by atoms with E-state index in [4.69, 9.17) is 11.6 Å². The summed E-state index contributed by atoms with van der Waals surface area (Å²) in [5, 5.41) is 14.1. The molecule has 24 heavy (non-hydrogen) atoms. The van der Waals surface area contributed by atoms with Crippen molar-refractivity contribution < 1.29 is 22.1 Å². The van der Waals surface area contributed by atoms with Crippen LogP contribution in [0.25, 0.3) is 0 Å². The molecule has 2 rings (SSSR count). The Labute approximate surface area is 140 Å². The molecule has 0 unspecified atom stereocenters. The van der Waals surface area contributed by atoms with Crippen molar-refractivity contribution in [2.75, 3.05) is 5.32 Å². The van der Waals surface area contributed by atoms with Crippen LogP contribution < -0.4 is 5.32 Å². The fourth-order valence-electron chi connectivity index (χ4n) is 1.80. The molecule has 0 aliphatic rings. The van der Waals surface area contributed by atoms with Crippen molar-refractivity contribution in [1.82, 2.24) is 4.98 Å². The minimum absolute atomic E-state index is 0.0110. The number of sulfone groups is 1. The van der Waals surface area contributed by atoms with E-state index in [-0.39, 0.29) is 17.4 Å². The summed E-state index contributed by atoms with van der Waals surface area (Å²) in [6.45, 7) is 0.145. The van der Waals surface area contributed by atoms with E-state index in [0.29, 0.717) is 11.6 Å². The van der Waals surface area contributed by atoms with Crippen molar-refractivity contribution in [3.8, 4) is 0 Å². The summed E-state index contributed by atoms with van der Waals surface area (Å²) in [6, 6.07) is 5.73. The Kier molecular flexibility index (Phi) is 5.30. The predicted molar refractivity (Wildman–Crippen MR) is 82.9 cm³/mol. The van der Waals surface area contributed by atoms with Crippen LogP contribution >= 0.6 is 11.6 Å². The number of rotatable bonds is 6. The number of pyridine rings is 1. The lowest BCUT2D eigenvalue weighted by Crippen LogP contribution is -2.12. The maximum absolute atomic E-state index is 12.5. The molecule has 0 saturated carbocycles. The number of nitrogens with zero attached hydrogens (tertiary/aromatic N) is 2. The van der Waals surface area contributed by atoms with E-state index in [1.54, 1.807) is 6.07 Å². The number of anilines is 1. The van der Waals surface area contributed by atoms with Gasteiger partial charge in [-0.2, -0.15) is 8.78 Å². The minimum Gasteiger partial charge on any atom is -0.375 e. The van der Waals surface area contributed by atoms with E-state index in [2.05, 4.69) is 10.3 Å². The van der Waals surface area contributed by atoms with Gasteiger partial charge in [0.1, 0.15) is 10.8 Å². The first-order valence-corrected chi connectivity index (χ1v) is 8.29. The smallest absolute Gasteiger partial charge is 0.341 e. The second-order valence-electron chi connectivity index (χ2n) is 4.58. The van der Waals surface area contributed by atoms with Gasteiger partial charge in [0.2, 0.25) is 9.84 Å². The van der Waals surface area contributed by atoms with Crippen LogP contribution in [0.4, 0.5) is 20.2 Å². The van der Waals surface area contributed by atoms with Gasteiger partial charge in [-0.15, -0.1) is 0 Å². The molecule has 11 heteroatoms. The molecule has 1 aromatic heterocycles. The Morgan fingerprint density at radius 1 is 1.29 bits per heavy atom. The molecular weight excluding hydrogens is 368 g/mol. The summed E-state index contributed by atoms with van der Waals surface area (Å²) in [4.78, 5) is 13.3. The fraction of sp³-hybridized carbons (Fsp3) is 0.154. The van der Waals surface area contributed by atoms with Crippen LogP contribution in [0.15, 0.2) is 41.4 Å². The third kappa shape index (κ3) is 3.95. The Hall–Kier alpha value is -2.33. The maximum Gasteiger partial charge on any atom is 0.341 e. The molecule has 128 valence electrons. The molecule has 1 N–H and O–H groups in total. The Bertz CT molecular complexity index is 860. The van der Waals surface area contributed by atoms with E-state index in [1.165, 1.54) is 12.3 Å². The lowest BCUT2D eigenvalue weighted by molar-refractivity contribution is -0.384. The molecule has 1 heterocycles. The number of hydrogen-bond acceptors (Lipinski definition) is 6. The second kappa shape index (κ2) is 7.05. The molecule has 0 radical (unpaired) electrons. The molecule has 0 fully saturated rings. The van der Waals surface area contributed by atoms with Gasteiger partial charge in [-0.1, -0.05) is 17.7 Å². The van der Waals surface area contributed by atoms with Crippen LogP contribution in [0.1, 0.15) is 5.56 Å².